The van der Waals surface area contributed by atoms with Gasteiger partial charge in [0.25, 0.3) is 0 Å². The van der Waals surface area contributed by atoms with Crippen molar-refractivity contribution in [1.29, 1.82) is 0 Å². The molecule has 1 aliphatic carbocycles. The molecule has 7 nitrogen and oxygen atoms in total. The molecule has 3 fully saturated rings. The van der Waals surface area contributed by atoms with E-state index in [0.29, 0.717) is 25.3 Å². The molecule has 2 amide bonds. The van der Waals surface area contributed by atoms with Gasteiger partial charge in [-0.15, -0.1) is 0 Å². The molecule has 3 aliphatic rings. The smallest absolute Gasteiger partial charge is 0.243 e. The van der Waals surface area contributed by atoms with Crippen LogP contribution in [-0.2, 0) is 19.6 Å². The lowest BCUT2D eigenvalue weighted by Gasteiger charge is -2.32. The summed E-state index contributed by atoms with van der Waals surface area (Å²) >= 11 is 0. The predicted molar refractivity (Wildman–Crippen MR) is 114 cm³/mol. The number of nitrogens with one attached hydrogen (secondary N) is 1. The number of anilines is 1. The van der Waals surface area contributed by atoms with E-state index in [-0.39, 0.29) is 28.5 Å². The molecular weight excluding hydrogens is 402 g/mol. The Hall–Kier alpha value is -1.93. The van der Waals surface area contributed by atoms with Crippen molar-refractivity contribution in [1.82, 2.24) is 9.21 Å². The van der Waals surface area contributed by atoms with Crippen LogP contribution < -0.4 is 5.32 Å². The third kappa shape index (κ3) is 4.86. The second kappa shape index (κ2) is 9.06. The highest BCUT2D eigenvalue weighted by Crippen LogP contribution is 2.32. The van der Waals surface area contributed by atoms with Gasteiger partial charge in [-0.2, -0.15) is 4.31 Å². The summed E-state index contributed by atoms with van der Waals surface area (Å²) in [5.74, 6) is 0.0365. The number of sulfonamides is 1. The molecule has 1 unspecified atom stereocenters. The molecule has 2 aliphatic heterocycles. The molecule has 1 aromatic carbocycles. The van der Waals surface area contributed by atoms with E-state index in [9.17, 15) is 18.0 Å². The molecule has 1 N–H and O–H groups in total. The number of benzene rings is 1. The van der Waals surface area contributed by atoms with Crippen molar-refractivity contribution in [3.8, 4) is 0 Å². The van der Waals surface area contributed by atoms with Crippen molar-refractivity contribution in [3.63, 3.8) is 0 Å². The molecule has 30 heavy (non-hydrogen) atoms. The number of rotatable bonds is 5. The first-order valence-corrected chi connectivity index (χ1v) is 12.6. The monoisotopic (exact) mass is 433 g/mol. The van der Waals surface area contributed by atoms with E-state index in [1.165, 1.54) is 0 Å². The molecule has 0 spiro atoms. The molecule has 1 saturated carbocycles. The van der Waals surface area contributed by atoms with Crippen LogP contribution in [0, 0.1) is 11.8 Å². The lowest BCUT2D eigenvalue weighted by Crippen LogP contribution is -2.44. The van der Waals surface area contributed by atoms with E-state index in [1.807, 2.05) is 4.90 Å². The Kier molecular flexibility index (Phi) is 6.43. The number of hydrogen-bond donors (Lipinski definition) is 1. The van der Waals surface area contributed by atoms with Gasteiger partial charge < -0.3 is 10.2 Å². The van der Waals surface area contributed by atoms with E-state index < -0.39 is 10.0 Å². The Morgan fingerprint density at radius 1 is 0.833 bits per heavy atom. The summed E-state index contributed by atoms with van der Waals surface area (Å²) in [5.41, 5.74) is 0.584. The number of carbonyl (C=O) groups is 2. The molecule has 0 aromatic heterocycles. The average molecular weight is 434 g/mol. The van der Waals surface area contributed by atoms with Crippen LogP contribution in [0.2, 0.25) is 0 Å². The fourth-order valence-corrected chi connectivity index (χ4v) is 5.88. The minimum atomic E-state index is -3.49. The summed E-state index contributed by atoms with van der Waals surface area (Å²) in [6, 6.07) is 6.44. The van der Waals surface area contributed by atoms with Crippen LogP contribution in [0.1, 0.15) is 51.4 Å². The standard InChI is InChI=1S/C22H31N3O4S/c26-21(18-6-5-13-24(16-18)22(27)17-7-8-17)23-19-9-11-20(12-10-19)30(28,29)25-14-3-1-2-4-15-25/h9-12,17-18H,1-8,13-16H2,(H,23,26). The summed E-state index contributed by atoms with van der Waals surface area (Å²) in [6.07, 6.45) is 7.48. The second-order valence-corrected chi connectivity index (χ2v) is 10.7. The minimum absolute atomic E-state index is 0.105. The van der Waals surface area contributed by atoms with Crippen LogP contribution in [-0.4, -0.2) is 55.6 Å². The van der Waals surface area contributed by atoms with Crippen molar-refractivity contribution >= 4 is 27.5 Å². The van der Waals surface area contributed by atoms with Crippen molar-refractivity contribution < 1.29 is 18.0 Å². The highest BCUT2D eigenvalue weighted by atomic mass is 32.2. The largest absolute Gasteiger partial charge is 0.342 e. The van der Waals surface area contributed by atoms with Gasteiger partial charge >= 0.3 is 0 Å². The van der Waals surface area contributed by atoms with Gasteiger partial charge in [-0.1, -0.05) is 12.8 Å². The first-order valence-electron chi connectivity index (χ1n) is 11.1. The van der Waals surface area contributed by atoms with Gasteiger partial charge in [-0.3, -0.25) is 9.59 Å². The van der Waals surface area contributed by atoms with E-state index in [0.717, 1.165) is 57.9 Å². The quantitative estimate of drug-likeness (QED) is 0.774. The number of likely N-dealkylation sites (tertiary alicyclic amines) is 1. The van der Waals surface area contributed by atoms with Gasteiger partial charge in [-0.05, 0) is 62.8 Å². The fourth-order valence-electron chi connectivity index (χ4n) is 4.37. The van der Waals surface area contributed by atoms with Crippen LogP contribution >= 0.6 is 0 Å². The SMILES string of the molecule is O=C(Nc1ccc(S(=O)(=O)N2CCCCCC2)cc1)C1CCCN(C(=O)C2CC2)C1. The Morgan fingerprint density at radius 2 is 1.50 bits per heavy atom. The summed E-state index contributed by atoms with van der Waals surface area (Å²) in [7, 11) is -3.49. The van der Waals surface area contributed by atoms with Crippen molar-refractivity contribution in [2.45, 2.75) is 56.3 Å². The molecule has 8 heteroatoms. The van der Waals surface area contributed by atoms with Crippen molar-refractivity contribution in [2.75, 3.05) is 31.5 Å². The Bertz CT molecular complexity index is 872. The average Bonchev–Trinajstić information content (AvgIpc) is 3.61. The molecule has 4 rings (SSSR count). The molecule has 0 radical (unpaired) electrons. The number of carbonyl (C=O) groups excluding carboxylic acids is 2. The Labute approximate surface area is 178 Å². The molecule has 2 saturated heterocycles. The topological polar surface area (TPSA) is 86.8 Å². The van der Waals surface area contributed by atoms with Crippen molar-refractivity contribution in [3.05, 3.63) is 24.3 Å². The lowest BCUT2D eigenvalue weighted by atomic mass is 9.96. The van der Waals surface area contributed by atoms with Crippen LogP contribution in [0.3, 0.4) is 0 Å². The first-order chi connectivity index (χ1) is 14.4. The van der Waals surface area contributed by atoms with Gasteiger partial charge in [0, 0.05) is 37.8 Å². The molecular formula is C22H31N3O4S. The maximum absolute atomic E-state index is 12.9. The van der Waals surface area contributed by atoms with Crippen LogP contribution in [0.4, 0.5) is 5.69 Å². The molecule has 1 atom stereocenters. The number of piperidine rings is 1. The summed E-state index contributed by atoms with van der Waals surface area (Å²) < 4.78 is 27.3. The number of amides is 2. The Morgan fingerprint density at radius 3 is 2.13 bits per heavy atom. The van der Waals surface area contributed by atoms with Gasteiger partial charge in [-0.25, -0.2) is 8.42 Å². The van der Waals surface area contributed by atoms with Crippen molar-refractivity contribution in [2.24, 2.45) is 11.8 Å². The highest BCUT2D eigenvalue weighted by molar-refractivity contribution is 7.89. The van der Waals surface area contributed by atoms with E-state index in [4.69, 9.17) is 0 Å². The van der Waals surface area contributed by atoms with E-state index >= 15 is 0 Å². The third-order valence-electron chi connectivity index (χ3n) is 6.36. The van der Waals surface area contributed by atoms with Gasteiger partial charge in [0.1, 0.15) is 0 Å². The molecule has 2 heterocycles. The highest BCUT2D eigenvalue weighted by Gasteiger charge is 2.36. The molecule has 0 bridgehead atoms. The van der Waals surface area contributed by atoms with Crippen LogP contribution in [0.25, 0.3) is 0 Å². The van der Waals surface area contributed by atoms with Gasteiger partial charge in [0.2, 0.25) is 21.8 Å². The van der Waals surface area contributed by atoms with Crippen LogP contribution in [0.15, 0.2) is 29.2 Å². The summed E-state index contributed by atoms with van der Waals surface area (Å²) in [5, 5.41) is 2.90. The Balaban J connectivity index is 1.37. The zero-order valence-electron chi connectivity index (χ0n) is 17.4. The van der Waals surface area contributed by atoms with Crippen LogP contribution in [0.5, 0.6) is 0 Å². The van der Waals surface area contributed by atoms with E-state index in [2.05, 4.69) is 5.32 Å². The minimum Gasteiger partial charge on any atom is -0.342 e. The van der Waals surface area contributed by atoms with E-state index in [1.54, 1.807) is 28.6 Å². The van der Waals surface area contributed by atoms with Gasteiger partial charge in [0.05, 0.1) is 10.8 Å². The van der Waals surface area contributed by atoms with Gasteiger partial charge in [0.15, 0.2) is 0 Å². The summed E-state index contributed by atoms with van der Waals surface area (Å²) in [4.78, 5) is 27.1. The zero-order valence-corrected chi connectivity index (χ0v) is 18.2. The first kappa shape index (κ1) is 21.3. The lowest BCUT2D eigenvalue weighted by molar-refractivity contribution is -0.135. The normalized spacial score (nSPS) is 23.6. The maximum atomic E-state index is 12.9. The molecule has 1 aromatic rings. The fraction of sp³-hybridized carbons (Fsp3) is 0.636. The zero-order chi connectivity index (χ0) is 21.1. The third-order valence-corrected chi connectivity index (χ3v) is 8.27. The predicted octanol–water partition coefficient (Wildman–Crippen LogP) is 2.84. The number of hydrogen-bond acceptors (Lipinski definition) is 4. The number of nitrogens with zero attached hydrogens (tertiary/aromatic N) is 2. The molecule has 164 valence electrons. The summed E-state index contributed by atoms with van der Waals surface area (Å²) in [6.45, 7) is 2.35. The maximum Gasteiger partial charge on any atom is 0.243 e. The second-order valence-electron chi connectivity index (χ2n) is 8.73.